The Bertz CT molecular complexity index is 761. The van der Waals surface area contributed by atoms with E-state index >= 15 is 0 Å². The van der Waals surface area contributed by atoms with Crippen LogP contribution in [0, 0.1) is 0 Å². The minimum absolute atomic E-state index is 0.0869. The first-order chi connectivity index (χ1) is 12.7. The summed E-state index contributed by atoms with van der Waals surface area (Å²) in [5, 5.41) is 4.70. The zero-order valence-corrected chi connectivity index (χ0v) is 15.6. The van der Waals surface area contributed by atoms with Crippen molar-refractivity contribution in [3.05, 3.63) is 47.0 Å². The normalized spacial score (nSPS) is 11.5. The highest BCUT2D eigenvalue weighted by Crippen LogP contribution is 2.29. The van der Waals surface area contributed by atoms with E-state index < -0.39 is 23.6 Å². The molecule has 10 heteroatoms. The second-order valence-electron chi connectivity index (χ2n) is 5.99. The smallest absolute Gasteiger partial charge is 0.328 e. The number of nitrogens with zero attached hydrogens (tertiary/aromatic N) is 3. The van der Waals surface area contributed by atoms with Crippen LogP contribution >= 0.6 is 11.3 Å². The average Bonchev–Trinajstić information content (AvgIpc) is 3.10. The number of amides is 2. The van der Waals surface area contributed by atoms with Crippen molar-refractivity contribution in [2.75, 3.05) is 39.0 Å². The minimum Gasteiger partial charge on any atom is -0.328 e. The fraction of sp³-hybridized carbons (Fsp3) is 0.353. The summed E-state index contributed by atoms with van der Waals surface area (Å²) in [6.45, 7) is 0.516. The molecule has 1 aromatic heterocycles. The molecule has 2 rings (SSSR count). The second-order valence-corrected chi connectivity index (χ2v) is 6.89. The fourth-order valence-electron chi connectivity index (χ4n) is 2.17. The van der Waals surface area contributed by atoms with E-state index in [0.29, 0.717) is 11.7 Å². The maximum absolute atomic E-state index is 12.7. The SMILES string of the molecule is CN(C)CCN(CC(=O)Nc1nccs1)C(=O)c1ccc(C(F)(F)F)cc1. The molecule has 0 unspecified atom stereocenters. The number of benzene rings is 1. The lowest BCUT2D eigenvalue weighted by atomic mass is 10.1. The molecule has 0 aliphatic rings. The van der Waals surface area contributed by atoms with Gasteiger partial charge in [-0.15, -0.1) is 11.3 Å². The third-order valence-corrected chi connectivity index (χ3v) is 4.27. The molecule has 0 bridgehead atoms. The Morgan fingerprint density at radius 3 is 2.33 bits per heavy atom. The monoisotopic (exact) mass is 400 g/mol. The van der Waals surface area contributed by atoms with Gasteiger partial charge in [-0.1, -0.05) is 0 Å². The zero-order chi connectivity index (χ0) is 20.0. The van der Waals surface area contributed by atoms with Crippen LogP contribution in [0.15, 0.2) is 35.8 Å². The number of likely N-dealkylation sites (N-methyl/N-ethyl adjacent to an activating group) is 1. The van der Waals surface area contributed by atoms with Crippen LogP contribution in [0.3, 0.4) is 0 Å². The maximum atomic E-state index is 12.7. The molecule has 2 amide bonds. The average molecular weight is 400 g/mol. The summed E-state index contributed by atoms with van der Waals surface area (Å²) in [4.78, 5) is 32.0. The molecular formula is C17H19F3N4O2S. The highest BCUT2D eigenvalue weighted by molar-refractivity contribution is 7.13. The number of rotatable bonds is 7. The second kappa shape index (κ2) is 8.96. The number of hydrogen-bond acceptors (Lipinski definition) is 5. The van der Waals surface area contributed by atoms with Gasteiger partial charge in [-0.05, 0) is 38.4 Å². The Kier molecular flexibility index (Phi) is 6.92. The Labute approximate surface area is 158 Å². The molecule has 2 aromatic rings. The van der Waals surface area contributed by atoms with Crippen molar-refractivity contribution >= 4 is 28.3 Å². The van der Waals surface area contributed by atoms with Crippen LogP contribution in [-0.4, -0.2) is 60.3 Å². The number of carbonyl (C=O) groups is 2. The van der Waals surface area contributed by atoms with E-state index in [1.54, 1.807) is 5.38 Å². The maximum Gasteiger partial charge on any atom is 0.416 e. The van der Waals surface area contributed by atoms with Gasteiger partial charge in [0.25, 0.3) is 5.91 Å². The third-order valence-electron chi connectivity index (χ3n) is 3.58. The summed E-state index contributed by atoms with van der Waals surface area (Å²) < 4.78 is 38.0. The summed E-state index contributed by atoms with van der Waals surface area (Å²) in [5.41, 5.74) is -0.746. The number of carbonyl (C=O) groups excluding carboxylic acids is 2. The Morgan fingerprint density at radius 2 is 1.81 bits per heavy atom. The lowest BCUT2D eigenvalue weighted by molar-refractivity contribution is -0.137. The number of aromatic nitrogens is 1. The van der Waals surface area contributed by atoms with Crippen molar-refractivity contribution < 1.29 is 22.8 Å². The minimum atomic E-state index is -4.47. The van der Waals surface area contributed by atoms with Gasteiger partial charge in [0.15, 0.2) is 5.13 Å². The predicted octanol–water partition coefficient (Wildman–Crippen LogP) is 2.80. The first kappa shape index (κ1) is 20.8. The van der Waals surface area contributed by atoms with Crippen LogP contribution in [0.5, 0.6) is 0 Å². The van der Waals surface area contributed by atoms with E-state index in [-0.39, 0.29) is 18.7 Å². The van der Waals surface area contributed by atoms with E-state index in [0.717, 1.165) is 24.3 Å². The lowest BCUT2D eigenvalue weighted by Gasteiger charge is -2.24. The molecule has 0 atom stereocenters. The molecule has 6 nitrogen and oxygen atoms in total. The van der Waals surface area contributed by atoms with Crippen molar-refractivity contribution in [3.63, 3.8) is 0 Å². The van der Waals surface area contributed by atoms with Gasteiger partial charge in [0.2, 0.25) is 5.91 Å². The van der Waals surface area contributed by atoms with E-state index in [2.05, 4.69) is 10.3 Å². The molecule has 0 saturated carbocycles. The quantitative estimate of drug-likeness (QED) is 0.776. The number of anilines is 1. The van der Waals surface area contributed by atoms with Gasteiger partial charge in [-0.3, -0.25) is 9.59 Å². The van der Waals surface area contributed by atoms with Gasteiger partial charge >= 0.3 is 6.18 Å². The Morgan fingerprint density at radius 1 is 1.15 bits per heavy atom. The topological polar surface area (TPSA) is 65.5 Å². The van der Waals surface area contributed by atoms with E-state index in [1.807, 2.05) is 19.0 Å². The Hall–Kier alpha value is -2.46. The molecule has 0 aliphatic heterocycles. The molecule has 0 spiro atoms. The number of thiazole rings is 1. The number of halogens is 3. The first-order valence-electron chi connectivity index (χ1n) is 7.97. The van der Waals surface area contributed by atoms with Gasteiger partial charge in [0, 0.05) is 30.2 Å². The molecule has 146 valence electrons. The van der Waals surface area contributed by atoms with Crippen LogP contribution in [0.2, 0.25) is 0 Å². The van der Waals surface area contributed by atoms with Crippen molar-refractivity contribution in [2.45, 2.75) is 6.18 Å². The first-order valence-corrected chi connectivity index (χ1v) is 8.85. The molecule has 1 aromatic carbocycles. The summed E-state index contributed by atoms with van der Waals surface area (Å²) in [6.07, 6.45) is -2.93. The molecule has 1 heterocycles. The van der Waals surface area contributed by atoms with Crippen LogP contribution in [0.4, 0.5) is 18.3 Å². The van der Waals surface area contributed by atoms with E-state index in [4.69, 9.17) is 0 Å². The van der Waals surface area contributed by atoms with Gasteiger partial charge in [-0.25, -0.2) is 4.98 Å². The molecule has 1 N–H and O–H groups in total. The van der Waals surface area contributed by atoms with Gasteiger partial charge in [-0.2, -0.15) is 13.2 Å². The van der Waals surface area contributed by atoms with Crippen molar-refractivity contribution in [1.29, 1.82) is 0 Å². The molecule has 27 heavy (non-hydrogen) atoms. The predicted molar refractivity (Wildman–Crippen MR) is 96.6 cm³/mol. The summed E-state index contributed by atoms with van der Waals surface area (Å²) in [7, 11) is 3.63. The van der Waals surface area contributed by atoms with Crippen molar-refractivity contribution in [2.24, 2.45) is 0 Å². The molecule has 0 aliphatic carbocycles. The fourth-order valence-corrected chi connectivity index (χ4v) is 2.72. The van der Waals surface area contributed by atoms with Crippen molar-refractivity contribution in [3.8, 4) is 0 Å². The highest BCUT2D eigenvalue weighted by Gasteiger charge is 2.30. The highest BCUT2D eigenvalue weighted by atomic mass is 32.1. The Balaban J connectivity index is 2.11. The lowest BCUT2D eigenvalue weighted by Crippen LogP contribution is -2.41. The van der Waals surface area contributed by atoms with Crippen LogP contribution in [0.1, 0.15) is 15.9 Å². The third kappa shape index (κ3) is 6.33. The number of nitrogens with one attached hydrogen (secondary N) is 1. The molecular weight excluding hydrogens is 381 g/mol. The van der Waals surface area contributed by atoms with Crippen LogP contribution in [0.25, 0.3) is 0 Å². The van der Waals surface area contributed by atoms with Crippen LogP contribution < -0.4 is 5.32 Å². The van der Waals surface area contributed by atoms with E-state index in [1.165, 1.54) is 22.4 Å². The summed E-state index contributed by atoms with van der Waals surface area (Å²) in [6, 6.07) is 3.94. The number of hydrogen-bond donors (Lipinski definition) is 1. The van der Waals surface area contributed by atoms with Gasteiger partial charge in [0.05, 0.1) is 5.56 Å². The molecule has 0 saturated heterocycles. The largest absolute Gasteiger partial charge is 0.416 e. The van der Waals surface area contributed by atoms with Gasteiger partial charge < -0.3 is 15.1 Å². The van der Waals surface area contributed by atoms with Gasteiger partial charge in [0.1, 0.15) is 6.54 Å². The zero-order valence-electron chi connectivity index (χ0n) is 14.8. The molecule has 0 radical (unpaired) electrons. The van der Waals surface area contributed by atoms with Crippen LogP contribution in [-0.2, 0) is 11.0 Å². The standard InChI is InChI=1S/C17H19F3N4O2S/c1-23(2)8-9-24(11-14(25)22-16-21-7-10-27-16)15(26)12-3-5-13(6-4-12)17(18,19)20/h3-7,10H,8-9,11H2,1-2H3,(H,21,22,25). The van der Waals surface area contributed by atoms with Crippen molar-refractivity contribution in [1.82, 2.24) is 14.8 Å². The summed E-state index contributed by atoms with van der Waals surface area (Å²) >= 11 is 1.24. The molecule has 0 fully saturated rings. The van der Waals surface area contributed by atoms with E-state index in [9.17, 15) is 22.8 Å². The summed E-state index contributed by atoms with van der Waals surface area (Å²) in [5.74, 6) is -0.941. The number of alkyl halides is 3.